The number of ether oxygens (including phenoxy) is 2. The van der Waals surface area contributed by atoms with Crippen molar-refractivity contribution < 1.29 is 34.0 Å². The van der Waals surface area contributed by atoms with Crippen LogP contribution in [-0.2, 0) is 31.7 Å². The van der Waals surface area contributed by atoms with E-state index in [1.165, 1.54) is 7.11 Å². The number of hydrogen-bond acceptors (Lipinski definition) is 10. The highest BCUT2D eigenvalue weighted by molar-refractivity contribution is 8.06. The van der Waals surface area contributed by atoms with Gasteiger partial charge in [-0.2, -0.15) is 4.98 Å². The molecule has 26 heavy (non-hydrogen) atoms. The second-order valence-corrected chi connectivity index (χ2v) is 8.04. The van der Waals surface area contributed by atoms with Crippen molar-refractivity contribution in [3.63, 3.8) is 0 Å². The maximum atomic E-state index is 11.9. The average molecular weight is 409 g/mol. The van der Waals surface area contributed by atoms with Crippen LogP contribution in [0.4, 0.5) is 5.95 Å². The van der Waals surface area contributed by atoms with E-state index < -0.39 is 43.1 Å². The van der Waals surface area contributed by atoms with E-state index in [2.05, 4.69) is 26.8 Å². The number of anilines is 1. The number of fused-ring (bicyclic) bond motifs is 1. The Morgan fingerprint density at radius 2 is 2.27 bits per heavy atom. The Bertz CT molecular complexity index is 929. The molecule has 3 heterocycles. The number of aromatic nitrogens is 4. The smallest absolute Gasteiger partial charge is 0.322 e. The average Bonchev–Trinajstić information content (AvgIpc) is 3.08. The van der Waals surface area contributed by atoms with Crippen LogP contribution in [0.25, 0.3) is 11.2 Å². The molecular formula is C11H16N5O8PS. The molecule has 0 unspecified atom stereocenters. The summed E-state index contributed by atoms with van der Waals surface area (Å²) in [6.07, 6.45) is -3.27. The zero-order valence-corrected chi connectivity index (χ0v) is 14.9. The molecule has 1 saturated heterocycles. The predicted molar refractivity (Wildman–Crippen MR) is 89.1 cm³/mol. The first-order chi connectivity index (χ1) is 12.1. The second kappa shape index (κ2) is 6.60. The van der Waals surface area contributed by atoms with E-state index >= 15 is 0 Å². The third-order valence-corrected chi connectivity index (χ3v) is 4.64. The van der Waals surface area contributed by atoms with E-state index in [1.807, 2.05) is 0 Å². The topological polar surface area (TPSA) is 198 Å². The Kier molecular flexibility index (Phi) is 4.89. The zero-order chi connectivity index (χ0) is 19.3. The van der Waals surface area contributed by atoms with Gasteiger partial charge in [0.05, 0.1) is 6.61 Å². The minimum absolute atomic E-state index is 0.0723. The molecule has 0 aromatic carbocycles. The highest BCUT2D eigenvalue weighted by Gasteiger charge is 2.59. The molecule has 0 saturated carbocycles. The lowest BCUT2D eigenvalue weighted by Crippen LogP contribution is -2.47. The van der Waals surface area contributed by atoms with Crippen molar-refractivity contribution in [3.8, 4) is 0 Å². The van der Waals surface area contributed by atoms with E-state index in [9.17, 15) is 24.8 Å². The van der Waals surface area contributed by atoms with Gasteiger partial charge in [-0.05, 0) is 11.8 Å². The van der Waals surface area contributed by atoms with Gasteiger partial charge in [0, 0.05) is 7.11 Å². The monoisotopic (exact) mass is 409 g/mol. The minimum Gasteiger partial charge on any atom is -0.394 e. The number of hydrogen-bond donors (Lipinski definition) is 6. The van der Waals surface area contributed by atoms with E-state index in [0.717, 1.165) is 10.9 Å². The number of nitrogen functional groups attached to an aromatic ring is 1. The van der Waals surface area contributed by atoms with Gasteiger partial charge in [-0.25, -0.2) is 4.98 Å². The Hall–Kier alpha value is -1.48. The molecule has 1 fully saturated rings. The standard InChI is InChI=1S/C11H16N5O8PS/c1-22-11(7(18)6(4(2-17)23-11)24-25(20,21)26)16-3-13-5-8(16)14-10(12)15-9(5)19/h3-4,6-7,17-18H,2H2,1H3,(H2,20,21,26)(H3,12,14,15,19)/t4-,6-,7-,11-/m1/s1. The van der Waals surface area contributed by atoms with Crippen molar-refractivity contribution in [1.29, 1.82) is 0 Å². The summed E-state index contributed by atoms with van der Waals surface area (Å²) >= 11 is 4.42. The van der Waals surface area contributed by atoms with E-state index in [0.29, 0.717) is 0 Å². The molecule has 1 aliphatic heterocycles. The minimum atomic E-state index is -4.20. The van der Waals surface area contributed by atoms with E-state index in [4.69, 9.17) is 19.7 Å². The fourth-order valence-corrected chi connectivity index (χ4v) is 3.68. The number of nitrogens with zero attached hydrogens (tertiary/aromatic N) is 3. The molecule has 1 aliphatic rings. The zero-order valence-electron chi connectivity index (χ0n) is 13.2. The Morgan fingerprint density at radius 3 is 2.85 bits per heavy atom. The third kappa shape index (κ3) is 3.05. The van der Waals surface area contributed by atoms with Gasteiger partial charge >= 0.3 is 6.72 Å². The van der Waals surface area contributed by atoms with Crippen LogP contribution in [0.2, 0.25) is 0 Å². The summed E-state index contributed by atoms with van der Waals surface area (Å²) in [5.74, 6) is -2.26. The second-order valence-electron chi connectivity index (χ2n) is 5.42. The highest BCUT2D eigenvalue weighted by Crippen LogP contribution is 2.46. The molecule has 15 heteroatoms. The van der Waals surface area contributed by atoms with Gasteiger partial charge in [-0.15, -0.1) is 0 Å². The number of aliphatic hydroxyl groups is 2. The maximum absolute atomic E-state index is 11.9. The fourth-order valence-electron chi connectivity index (χ4n) is 2.81. The Labute approximate surface area is 150 Å². The van der Waals surface area contributed by atoms with Crippen molar-refractivity contribution in [2.45, 2.75) is 24.2 Å². The quantitative estimate of drug-likeness (QED) is 0.280. The SMILES string of the molecule is CO[C@@]1(n2cnc3c(=O)[nH]c(N)nc32)O[C@H](CO)[C@@H](OP(O)(O)=S)[C@H]1O. The lowest BCUT2D eigenvalue weighted by molar-refractivity contribution is -0.302. The summed E-state index contributed by atoms with van der Waals surface area (Å²) in [7, 11) is 1.18. The van der Waals surface area contributed by atoms with E-state index in [1.54, 1.807) is 0 Å². The van der Waals surface area contributed by atoms with E-state index in [-0.39, 0.29) is 17.1 Å². The number of rotatable bonds is 5. The maximum Gasteiger partial charge on any atom is 0.322 e. The van der Waals surface area contributed by atoms with Crippen LogP contribution in [0.1, 0.15) is 0 Å². The largest absolute Gasteiger partial charge is 0.394 e. The molecule has 13 nitrogen and oxygen atoms in total. The van der Waals surface area contributed by atoms with Gasteiger partial charge in [0.15, 0.2) is 17.3 Å². The van der Waals surface area contributed by atoms with Gasteiger partial charge in [-0.1, -0.05) is 0 Å². The number of imidazole rings is 1. The van der Waals surface area contributed by atoms with Crippen molar-refractivity contribution in [2.24, 2.45) is 0 Å². The number of nitrogens with two attached hydrogens (primary N) is 1. The van der Waals surface area contributed by atoms with Crippen LogP contribution in [0.15, 0.2) is 11.1 Å². The molecule has 7 N–H and O–H groups in total. The molecule has 0 aliphatic carbocycles. The number of H-pyrrole nitrogens is 1. The van der Waals surface area contributed by atoms with Gasteiger partial charge in [-0.3, -0.25) is 18.9 Å². The van der Waals surface area contributed by atoms with Crippen LogP contribution in [0.5, 0.6) is 0 Å². The molecule has 4 atom stereocenters. The van der Waals surface area contributed by atoms with Crippen LogP contribution in [0.3, 0.4) is 0 Å². The molecule has 0 radical (unpaired) electrons. The Morgan fingerprint density at radius 1 is 1.58 bits per heavy atom. The number of aliphatic hydroxyl groups excluding tert-OH is 2. The van der Waals surface area contributed by atoms with Crippen LogP contribution < -0.4 is 11.3 Å². The Balaban J connectivity index is 2.15. The summed E-state index contributed by atoms with van der Waals surface area (Å²) in [5, 5.41) is 20.2. The molecule has 0 amide bonds. The van der Waals surface area contributed by atoms with Gasteiger partial charge in [0.2, 0.25) is 5.95 Å². The van der Waals surface area contributed by atoms with Gasteiger partial charge < -0.3 is 35.2 Å². The lowest BCUT2D eigenvalue weighted by atomic mass is 10.1. The van der Waals surface area contributed by atoms with Crippen molar-refractivity contribution in [2.75, 3.05) is 19.5 Å². The predicted octanol–water partition coefficient (Wildman–Crippen LogP) is -2.70. The van der Waals surface area contributed by atoms with Gasteiger partial charge in [0.25, 0.3) is 11.5 Å². The van der Waals surface area contributed by atoms with Crippen molar-refractivity contribution in [1.82, 2.24) is 19.5 Å². The first-order valence-corrected chi connectivity index (χ1v) is 9.74. The number of methoxy groups -OCH3 is 1. The van der Waals surface area contributed by atoms with Crippen molar-refractivity contribution >= 4 is 35.6 Å². The summed E-state index contributed by atoms with van der Waals surface area (Å²) in [6, 6.07) is 0. The normalized spacial score (nSPS) is 29.5. The van der Waals surface area contributed by atoms with Crippen LogP contribution >= 0.6 is 6.72 Å². The first-order valence-electron chi connectivity index (χ1n) is 7.12. The third-order valence-electron chi connectivity index (χ3n) is 3.86. The summed E-state index contributed by atoms with van der Waals surface area (Å²) in [5.41, 5.74) is 4.74. The van der Waals surface area contributed by atoms with Crippen LogP contribution in [0, 0.1) is 0 Å². The summed E-state index contributed by atoms with van der Waals surface area (Å²) in [4.78, 5) is 40.9. The molecule has 144 valence electrons. The highest BCUT2D eigenvalue weighted by atomic mass is 32.5. The first kappa shape index (κ1) is 19.3. The summed E-state index contributed by atoms with van der Waals surface area (Å²) < 4.78 is 16.9. The molecular weight excluding hydrogens is 393 g/mol. The van der Waals surface area contributed by atoms with Crippen LogP contribution in [-0.4, -0.2) is 71.5 Å². The van der Waals surface area contributed by atoms with Gasteiger partial charge in [0.1, 0.15) is 18.5 Å². The number of aromatic amines is 1. The molecule has 2 aromatic rings. The molecule has 0 spiro atoms. The molecule has 0 bridgehead atoms. The molecule has 2 aromatic heterocycles. The number of nitrogens with one attached hydrogen (secondary N) is 1. The molecule has 3 rings (SSSR count). The summed E-state index contributed by atoms with van der Waals surface area (Å²) in [6.45, 7) is -4.86. The lowest BCUT2D eigenvalue weighted by Gasteiger charge is -2.31. The fraction of sp³-hybridized carbons (Fsp3) is 0.545. The van der Waals surface area contributed by atoms with Crippen molar-refractivity contribution in [3.05, 3.63) is 16.7 Å².